The maximum absolute atomic E-state index is 17.1. The van der Waals surface area contributed by atoms with Crippen LogP contribution < -0.4 is 20.7 Å². The summed E-state index contributed by atoms with van der Waals surface area (Å²) in [5.74, 6) is -1.34. The van der Waals surface area contributed by atoms with Crippen LogP contribution in [0.4, 0.5) is 24.4 Å². The number of alkyl carbamates (subject to hydrolysis) is 1. The second-order valence-electron chi connectivity index (χ2n) is 13.5. The largest absolute Gasteiger partial charge is 0.461 e. The Hall–Kier alpha value is -4.78. The van der Waals surface area contributed by atoms with Gasteiger partial charge in [0.1, 0.15) is 41.4 Å². The number of carbonyl (C=O) groups is 2. The molecule has 0 saturated carbocycles. The third-order valence-corrected chi connectivity index (χ3v) is 11.7. The highest BCUT2D eigenvalue weighted by atomic mass is 35.5. The average molecular weight is 751 g/mol. The first-order valence-electron chi connectivity index (χ1n) is 17.0. The highest BCUT2D eigenvalue weighted by Gasteiger charge is 2.45. The number of nitrogen functional groups attached to an aromatic ring is 1. The van der Waals surface area contributed by atoms with Gasteiger partial charge in [0.2, 0.25) is 0 Å². The smallest absolute Gasteiger partial charge is 0.407 e. The molecule has 1 atom stereocenters. The zero-order valence-corrected chi connectivity index (χ0v) is 30.3. The second-order valence-corrected chi connectivity index (χ2v) is 14.9. The molecule has 0 spiro atoms. The van der Waals surface area contributed by atoms with Crippen molar-refractivity contribution in [1.82, 2.24) is 25.1 Å². The van der Waals surface area contributed by atoms with Crippen molar-refractivity contribution < 1.29 is 27.8 Å². The lowest BCUT2D eigenvalue weighted by molar-refractivity contribution is -0.128. The molecular formula is C36H37ClF2N8O4S. The number of benzene rings is 2. The predicted molar refractivity (Wildman–Crippen MR) is 196 cm³/mol. The number of anilines is 2. The number of aromatic nitrogens is 2. The molecule has 7 rings (SSSR count). The lowest BCUT2D eigenvalue weighted by Crippen LogP contribution is -2.54. The maximum atomic E-state index is 17.1. The summed E-state index contributed by atoms with van der Waals surface area (Å²) in [6.45, 7) is 8.68. The van der Waals surface area contributed by atoms with E-state index in [4.69, 9.17) is 31.8 Å². The van der Waals surface area contributed by atoms with Gasteiger partial charge in [0.25, 0.3) is 5.91 Å². The molecule has 3 aliphatic heterocycles. The SMILES string of the molecule is C=C(COC(=O)NC)C(=O)N1CCN(c2nc(OCC34CCCN3CCC4)nc3c(F)c(-c4ccc(F)c5sc(N)c(C#N)c45)c(Cl)cc23)[C@@H](C)C1. The molecule has 0 aliphatic carbocycles. The number of carbonyl (C=O) groups excluding carboxylic acids is 2. The van der Waals surface area contributed by atoms with Crippen molar-refractivity contribution in [2.24, 2.45) is 0 Å². The molecule has 3 fully saturated rings. The number of hydrogen-bond donors (Lipinski definition) is 2. The fourth-order valence-corrected chi connectivity index (χ4v) is 9.07. The van der Waals surface area contributed by atoms with E-state index in [9.17, 15) is 19.2 Å². The molecule has 4 aromatic rings. The minimum absolute atomic E-state index is 0.00465. The second kappa shape index (κ2) is 14.0. The van der Waals surface area contributed by atoms with Crippen LogP contribution >= 0.6 is 22.9 Å². The van der Waals surface area contributed by atoms with Crippen LogP contribution in [0, 0.1) is 23.0 Å². The van der Waals surface area contributed by atoms with Crippen molar-refractivity contribution >= 4 is 66.7 Å². The van der Waals surface area contributed by atoms with Gasteiger partial charge in [-0.2, -0.15) is 15.2 Å². The minimum atomic E-state index is -0.784. The van der Waals surface area contributed by atoms with Gasteiger partial charge >= 0.3 is 12.1 Å². The molecule has 16 heteroatoms. The molecular weight excluding hydrogens is 714 g/mol. The summed E-state index contributed by atoms with van der Waals surface area (Å²) in [6.07, 6.45) is 3.44. The Morgan fingerprint density at radius 3 is 2.65 bits per heavy atom. The van der Waals surface area contributed by atoms with Gasteiger partial charge in [-0.1, -0.05) is 24.2 Å². The number of nitrogens with one attached hydrogen (secondary N) is 1. The number of amides is 2. The predicted octanol–water partition coefficient (Wildman–Crippen LogP) is 5.85. The van der Waals surface area contributed by atoms with E-state index in [1.165, 1.54) is 19.2 Å². The Balaban J connectivity index is 1.29. The average Bonchev–Trinajstić information content (AvgIpc) is 3.82. The molecule has 0 unspecified atom stereocenters. The Kier molecular flexibility index (Phi) is 9.58. The van der Waals surface area contributed by atoms with Crippen molar-refractivity contribution in [1.29, 1.82) is 5.26 Å². The van der Waals surface area contributed by atoms with Crippen molar-refractivity contribution in [2.75, 3.05) is 63.6 Å². The van der Waals surface area contributed by atoms with Crippen LogP contribution in [0.3, 0.4) is 0 Å². The van der Waals surface area contributed by atoms with E-state index in [1.54, 1.807) is 11.0 Å². The lowest BCUT2D eigenvalue weighted by Gasteiger charge is -2.41. The highest BCUT2D eigenvalue weighted by molar-refractivity contribution is 7.23. The first kappa shape index (κ1) is 35.6. The van der Waals surface area contributed by atoms with Crippen LogP contribution in [0.15, 0.2) is 30.4 Å². The molecule has 0 radical (unpaired) electrons. The summed E-state index contributed by atoms with van der Waals surface area (Å²) in [7, 11) is 1.42. The Morgan fingerprint density at radius 1 is 1.21 bits per heavy atom. The molecule has 3 saturated heterocycles. The lowest BCUT2D eigenvalue weighted by atomic mass is 9.95. The van der Waals surface area contributed by atoms with Crippen LogP contribution in [-0.4, -0.2) is 96.3 Å². The van der Waals surface area contributed by atoms with Crippen molar-refractivity contribution in [3.63, 3.8) is 0 Å². The molecule has 3 aliphatic rings. The number of nitriles is 1. The number of hydrogen-bond acceptors (Lipinski definition) is 11. The summed E-state index contributed by atoms with van der Waals surface area (Å²) >= 11 is 7.80. The van der Waals surface area contributed by atoms with E-state index >= 15 is 4.39 Å². The Labute approximate surface area is 307 Å². The molecule has 2 aromatic carbocycles. The van der Waals surface area contributed by atoms with E-state index in [2.05, 4.69) is 21.8 Å². The summed E-state index contributed by atoms with van der Waals surface area (Å²) in [4.78, 5) is 40.2. The van der Waals surface area contributed by atoms with Gasteiger partial charge in [-0.3, -0.25) is 9.69 Å². The Bertz CT molecular complexity index is 2160. The van der Waals surface area contributed by atoms with E-state index in [-0.39, 0.29) is 91.1 Å². The zero-order chi connectivity index (χ0) is 36.9. The van der Waals surface area contributed by atoms with E-state index < -0.39 is 17.7 Å². The molecule has 12 nitrogen and oxygen atoms in total. The summed E-state index contributed by atoms with van der Waals surface area (Å²) in [6, 6.07) is 5.88. The van der Waals surface area contributed by atoms with Gasteiger partial charge in [0, 0.05) is 54.6 Å². The number of rotatable bonds is 8. The van der Waals surface area contributed by atoms with Crippen molar-refractivity contribution in [2.45, 2.75) is 44.2 Å². The number of nitrogens with zero attached hydrogens (tertiary/aromatic N) is 6. The van der Waals surface area contributed by atoms with Crippen LogP contribution in [-0.2, 0) is 9.53 Å². The molecule has 2 amide bonds. The topological polar surface area (TPSA) is 150 Å². The zero-order valence-electron chi connectivity index (χ0n) is 28.7. The number of piperazine rings is 1. The van der Waals surface area contributed by atoms with Gasteiger partial charge < -0.3 is 30.3 Å². The molecule has 3 N–H and O–H groups in total. The van der Waals surface area contributed by atoms with Crippen LogP contribution in [0.1, 0.15) is 38.2 Å². The quantitative estimate of drug-likeness (QED) is 0.210. The monoisotopic (exact) mass is 750 g/mol. The number of halogens is 3. The van der Waals surface area contributed by atoms with E-state index in [0.717, 1.165) is 50.1 Å². The normalized spacial score (nSPS) is 18.4. The first-order chi connectivity index (χ1) is 25.0. The molecule has 5 heterocycles. The highest BCUT2D eigenvalue weighted by Crippen LogP contribution is 2.46. The summed E-state index contributed by atoms with van der Waals surface area (Å²) in [5, 5.41) is 12.9. The summed E-state index contributed by atoms with van der Waals surface area (Å²) in [5.41, 5.74) is 6.22. The number of nitrogens with two attached hydrogens (primary N) is 1. The van der Waals surface area contributed by atoms with Crippen molar-refractivity contribution in [3.8, 4) is 23.2 Å². The van der Waals surface area contributed by atoms with Gasteiger partial charge in [-0.15, -0.1) is 11.3 Å². The van der Waals surface area contributed by atoms with Crippen LogP contribution in [0.25, 0.3) is 32.1 Å². The number of ether oxygens (including phenoxy) is 2. The van der Waals surface area contributed by atoms with Crippen LogP contribution in [0.2, 0.25) is 5.02 Å². The van der Waals surface area contributed by atoms with E-state index in [0.29, 0.717) is 24.4 Å². The van der Waals surface area contributed by atoms with Gasteiger partial charge in [-0.25, -0.2) is 13.6 Å². The minimum Gasteiger partial charge on any atom is -0.461 e. The molecule has 2 aromatic heterocycles. The standard InChI is InChI=1S/C36H37ClF2N8O4S/c1-19(17-50-35(49)42-3)33(48)45-12-13-47(20(2)16-45)32-22-14-24(37)27(21-6-7-25(38)30-26(21)23(15-40)31(41)52-30)28(39)29(22)43-34(44-32)51-18-36-8-4-10-46(36)11-5-9-36/h6-7,14,20H,1,4-5,8-13,16-18,41H2,2-3H3,(H,42,49)/t20-/m0/s1. The third-order valence-electron chi connectivity index (χ3n) is 10.4. The first-order valence-corrected chi connectivity index (χ1v) is 18.2. The fraction of sp³-hybridized carbons (Fsp3) is 0.417. The molecule has 272 valence electrons. The van der Waals surface area contributed by atoms with Gasteiger partial charge in [0.05, 0.1) is 20.8 Å². The number of fused-ring (bicyclic) bond motifs is 3. The maximum Gasteiger partial charge on any atom is 0.407 e. The molecule has 52 heavy (non-hydrogen) atoms. The number of thiophene rings is 1. The van der Waals surface area contributed by atoms with Crippen molar-refractivity contribution in [3.05, 3.63) is 52.6 Å². The van der Waals surface area contributed by atoms with Gasteiger partial charge in [-0.05, 0) is 63.4 Å². The fourth-order valence-electron chi connectivity index (χ4n) is 7.83. The third kappa shape index (κ3) is 6.12. The van der Waals surface area contributed by atoms with Crippen LogP contribution in [0.5, 0.6) is 6.01 Å². The van der Waals surface area contributed by atoms with Gasteiger partial charge in [0.15, 0.2) is 5.82 Å². The summed E-state index contributed by atoms with van der Waals surface area (Å²) < 4.78 is 43.5. The Morgan fingerprint density at radius 2 is 1.96 bits per heavy atom. The van der Waals surface area contributed by atoms with E-state index in [1.807, 2.05) is 17.9 Å². The molecule has 0 bridgehead atoms.